The molecule has 0 heterocycles. The Morgan fingerprint density at radius 3 is 2.45 bits per heavy atom. The van der Waals surface area contributed by atoms with Gasteiger partial charge in [0.25, 0.3) is 0 Å². The molecular weight excluding hydrogens is 262 g/mol. The molecule has 1 unspecified atom stereocenters. The number of nitrogens with two attached hydrogens (primary N) is 1. The highest BCUT2D eigenvalue weighted by atomic mass is 32.2. The minimum absolute atomic E-state index is 0.222. The van der Waals surface area contributed by atoms with Gasteiger partial charge in [0.2, 0.25) is 0 Å². The molecule has 0 fully saturated rings. The van der Waals surface area contributed by atoms with E-state index in [4.69, 9.17) is 5.73 Å². The lowest BCUT2D eigenvalue weighted by molar-refractivity contribution is 0.737. The molecule has 0 saturated heterocycles. The number of thioether (sulfide) groups is 1. The SMILES string of the molecule is Cc1ccccc1CSc1ccc(CC(C)N)cc1C. The van der Waals surface area contributed by atoms with E-state index in [1.165, 1.54) is 27.1 Å². The first-order chi connectivity index (χ1) is 9.56. The van der Waals surface area contributed by atoms with Crippen molar-refractivity contribution >= 4 is 11.8 Å². The second kappa shape index (κ2) is 6.96. The summed E-state index contributed by atoms with van der Waals surface area (Å²) in [5.74, 6) is 1.03. The molecular formula is C18H23NS. The van der Waals surface area contributed by atoms with Crippen molar-refractivity contribution in [2.24, 2.45) is 5.73 Å². The molecule has 0 radical (unpaired) electrons. The van der Waals surface area contributed by atoms with Crippen molar-refractivity contribution in [3.8, 4) is 0 Å². The number of hydrogen-bond donors (Lipinski definition) is 1. The third kappa shape index (κ3) is 4.12. The molecule has 2 rings (SSSR count). The van der Waals surface area contributed by atoms with Crippen LogP contribution in [-0.2, 0) is 12.2 Å². The molecule has 0 aliphatic heterocycles. The Morgan fingerprint density at radius 2 is 1.80 bits per heavy atom. The zero-order valence-electron chi connectivity index (χ0n) is 12.5. The predicted molar refractivity (Wildman–Crippen MR) is 89.3 cm³/mol. The van der Waals surface area contributed by atoms with Crippen LogP contribution in [0.2, 0.25) is 0 Å². The second-order valence-electron chi connectivity index (χ2n) is 5.50. The van der Waals surface area contributed by atoms with E-state index in [0.717, 1.165) is 12.2 Å². The first kappa shape index (κ1) is 15.1. The van der Waals surface area contributed by atoms with Gasteiger partial charge in [0.1, 0.15) is 0 Å². The van der Waals surface area contributed by atoms with Crippen LogP contribution in [0.1, 0.15) is 29.2 Å². The fourth-order valence-electron chi connectivity index (χ4n) is 2.30. The van der Waals surface area contributed by atoms with E-state index < -0.39 is 0 Å². The molecule has 2 heteroatoms. The minimum atomic E-state index is 0.222. The maximum atomic E-state index is 5.86. The molecule has 0 saturated carbocycles. The van der Waals surface area contributed by atoms with E-state index in [2.05, 4.69) is 63.2 Å². The minimum Gasteiger partial charge on any atom is -0.328 e. The Balaban J connectivity index is 2.05. The van der Waals surface area contributed by atoms with Crippen LogP contribution in [0.25, 0.3) is 0 Å². The molecule has 1 atom stereocenters. The number of rotatable bonds is 5. The van der Waals surface area contributed by atoms with Crippen molar-refractivity contribution in [3.05, 3.63) is 64.7 Å². The lowest BCUT2D eigenvalue weighted by Gasteiger charge is -2.11. The summed E-state index contributed by atoms with van der Waals surface area (Å²) < 4.78 is 0. The highest BCUT2D eigenvalue weighted by Crippen LogP contribution is 2.28. The normalized spacial score (nSPS) is 12.4. The number of hydrogen-bond acceptors (Lipinski definition) is 2. The van der Waals surface area contributed by atoms with Gasteiger partial charge in [-0.2, -0.15) is 0 Å². The summed E-state index contributed by atoms with van der Waals surface area (Å²) in [7, 11) is 0. The van der Waals surface area contributed by atoms with Crippen LogP contribution in [0, 0.1) is 13.8 Å². The highest BCUT2D eigenvalue weighted by Gasteiger charge is 2.04. The topological polar surface area (TPSA) is 26.0 Å². The van der Waals surface area contributed by atoms with Gasteiger partial charge in [-0.1, -0.05) is 36.4 Å². The van der Waals surface area contributed by atoms with E-state index in [9.17, 15) is 0 Å². The lowest BCUT2D eigenvalue weighted by atomic mass is 10.1. The smallest absolute Gasteiger partial charge is 0.0234 e. The van der Waals surface area contributed by atoms with Gasteiger partial charge >= 0.3 is 0 Å². The van der Waals surface area contributed by atoms with E-state index >= 15 is 0 Å². The van der Waals surface area contributed by atoms with Gasteiger partial charge in [0.05, 0.1) is 0 Å². The summed E-state index contributed by atoms with van der Waals surface area (Å²) in [5, 5.41) is 0. The van der Waals surface area contributed by atoms with Crippen molar-refractivity contribution in [1.82, 2.24) is 0 Å². The third-order valence-corrected chi connectivity index (χ3v) is 4.67. The summed E-state index contributed by atoms with van der Waals surface area (Å²) in [5.41, 5.74) is 11.3. The molecule has 0 spiro atoms. The van der Waals surface area contributed by atoms with Gasteiger partial charge < -0.3 is 5.73 Å². The van der Waals surface area contributed by atoms with Crippen LogP contribution < -0.4 is 5.73 Å². The monoisotopic (exact) mass is 285 g/mol. The molecule has 0 amide bonds. The summed E-state index contributed by atoms with van der Waals surface area (Å²) in [6.07, 6.45) is 0.948. The summed E-state index contributed by atoms with van der Waals surface area (Å²) >= 11 is 1.91. The first-order valence-corrected chi connectivity index (χ1v) is 8.07. The van der Waals surface area contributed by atoms with Crippen LogP contribution in [-0.4, -0.2) is 6.04 Å². The Bertz CT molecular complexity index is 575. The van der Waals surface area contributed by atoms with Crippen molar-refractivity contribution in [3.63, 3.8) is 0 Å². The van der Waals surface area contributed by atoms with Gasteiger partial charge in [0, 0.05) is 16.7 Å². The first-order valence-electron chi connectivity index (χ1n) is 7.08. The zero-order chi connectivity index (χ0) is 14.5. The van der Waals surface area contributed by atoms with Crippen molar-refractivity contribution < 1.29 is 0 Å². The zero-order valence-corrected chi connectivity index (χ0v) is 13.3. The molecule has 0 aromatic heterocycles. The second-order valence-corrected chi connectivity index (χ2v) is 6.51. The molecule has 2 aromatic carbocycles. The molecule has 0 bridgehead atoms. The molecule has 20 heavy (non-hydrogen) atoms. The Labute approximate surface area is 126 Å². The van der Waals surface area contributed by atoms with E-state index in [1.54, 1.807) is 0 Å². The molecule has 106 valence electrons. The van der Waals surface area contributed by atoms with Gasteiger partial charge in [-0.05, 0) is 55.5 Å². The van der Waals surface area contributed by atoms with Crippen molar-refractivity contribution in [1.29, 1.82) is 0 Å². The maximum absolute atomic E-state index is 5.86. The van der Waals surface area contributed by atoms with Gasteiger partial charge in [-0.3, -0.25) is 0 Å². The molecule has 2 N–H and O–H groups in total. The fraction of sp³-hybridized carbons (Fsp3) is 0.333. The van der Waals surface area contributed by atoms with Crippen LogP contribution in [0.5, 0.6) is 0 Å². The average Bonchev–Trinajstić information content (AvgIpc) is 2.39. The van der Waals surface area contributed by atoms with E-state index in [0.29, 0.717) is 0 Å². The Kier molecular flexibility index (Phi) is 5.27. The van der Waals surface area contributed by atoms with Gasteiger partial charge in [-0.25, -0.2) is 0 Å². The van der Waals surface area contributed by atoms with Crippen molar-refractivity contribution in [2.75, 3.05) is 0 Å². The quantitative estimate of drug-likeness (QED) is 0.819. The van der Waals surface area contributed by atoms with Crippen LogP contribution in [0.15, 0.2) is 47.4 Å². The number of benzene rings is 2. The Morgan fingerprint density at radius 1 is 1.05 bits per heavy atom. The average molecular weight is 285 g/mol. The van der Waals surface area contributed by atoms with Crippen molar-refractivity contribution in [2.45, 2.75) is 43.9 Å². The Hall–Kier alpha value is -1.25. The molecule has 0 aliphatic rings. The standard InChI is InChI=1S/C18H23NS/c1-13-6-4-5-7-17(13)12-20-18-9-8-16(10-14(18)2)11-15(3)19/h4-10,15H,11-12,19H2,1-3H3. The van der Waals surface area contributed by atoms with Crippen LogP contribution >= 0.6 is 11.8 Å². The molecule has 1 nitrogen and oxygen atoms in total. The number of aryl methyl sites for hydroxylation is 2. The largest absolute Gasteiger partial charge is 0.328 e. The summed E-state index contributed by atoms with van der Waals surface area (Å²) in [6.45, 7) is 6.41. The fourth-order valence-corrected chi connectivity index (χ4v) is 3.39. The van der Waals surface area contributed by atoms with Crippen LogP contribution in [0.4, 0.5) is 0 Å². The third-order valence-electron chi connectivity index (χ3n) is 3.44. The highest BCUT2D eigenvalue weighted by molar-refractivity contribution is 7.98. The predicted octanol–water partition coefficient (Wildman–Crippen LogP) is 4.49. The van der Waals surface area contributed by atoms with E-state index in [1.807, 2.05) is 11.8 Å². The molecule has 2 aromatic rings. The van der Waals surface area contributed by atoms with Gasteiger partial charge in [-0.15, -0.1) is 11.8 Å². The molecule has 0 aliphatic carbocycles. The summed E-state index contributed by atoms with van der Waals surface area (Å²) in [4.78, 5) is 1.36. The summed E-state index contributed by atoms with van der Waals surface area (Å²) in [6, 6.07) is 15.5. The van der Waals surface area contributed by atoms with E-state index in [-0.39, 0.29) is 6.04 Å². The maximum Gasteiger partial charge on any atom is 0.0234 e. The lowest BCUT2D eigenvalue weighted by Crippen LogP contribution is -2.17. The van der Waals surface area contributed by atoms with Gasteiger partial charge in [0.15, 0.2) is 0 Å². The van der Waals surface area contributed by atoms with Crippen LogP contribution in [0.3, 0.4) is 0 Å².